The van der Waals surface area contributed by atoms with Crippen LogP contribution in [0.25, 0.3) is 0 Å². The average Bonchev–Trinajstić information content (AvgIpc) is 2.51. The van der Waals surface area contributed by atoms with Crippen LogP contribution in [0.5, 0.6) is 0 Å². The highest BCUT2D eigenvalue weighted by molar-refractivity contribution is 5.85. The maximum absolute atomic E-state index is 11.6. The summed E-state index contributed by atoms with van der Waals surface area (Å²) < 4.78 is 0. The lowest BCUT2D eigenvalue weighted by Crippen LogP contribution is -2.41. The van der Waals surface area contributed by atoms with Crippen LogP contribution in [0, 0.1) is 0 Å². The molecule has 0 bridgehead atoms. The molecule has 0 aromatic rings. The number of amides is 1. The van der Waals surface area contributed by atoms with Gasteiger partial charge in [0.2, 0.25) is 5.91 Å². The Bertz CT molecular complexity index is 200. The Morgan fingerprint density at radius 2 is 2.33 bits per heavy atom. The average molecular weight is 237 g/mol. The molecule has 0 spiro atoms. The molecule has 1 fully saturated rings. The lowest BCUT2D eigenvalue weighted by Gasteiger charge is -2.25. The molecule has 4 nitrogen and oxygen atoms in total. The van der Waals surface area contributed by atoms with Crippen LogP contribution in [0.2, 0.25) is 0 Å². The van der Waals surface area contributed by atoms with Crippen LogP contribution in [-0.4, -0.2) is 48.2 Å². The Balaban J connectivity index is 0.00000196. The molecule has 1 amide bonds. The summed E-state index contributed by atoms with van der Waals surface area (Å²) in [5.74, 6) is 0.149. The Labute approximate surface area is 97.4 Å². The van der Waals surface area contributed by atoms with Crippen molar-refractivity contribution in [1.29, 1.82) is 0 Å². The number of carbonyl (C=O) groups is 1. The predicted octanol–water partition coefficient (Wildman–Crippen LogP) is 0.389. The van der Waals surface area contributed by atoms with Crippen molar-refractivity contribution in [3.63, 3.8) is 0 Å². The molecule has 90 valence electrons. The molecule has 1 aliphatic rings. The van der Waals surface area contributed by atoms with Crippen LogP contribution in [0.1, 0.15) is 26.2 Å². The second kappa shape index (κ2) is 7.04. The van der Waals surface area contributed by atoms with Crippen LogP contribution in [0.15, 0.2) is 0 Å². The lowest BCUT2D eigenvalue weighted by atomic mass is 10.1. The number of likely N-dealkylation sites (tertiary alicyclic amines) is 1. The van der Waals surface area contributed by atoms with Crippen molar-refractivity contribution < 1.29 is 9.90 Å². The van der Waals surface area contributed by atoms with Gasteiger partial charge in [-0.25, -0.2) is 0 Å². The van der Waals surface area contributed by atoms with Gasteiger partial charge in [0.25, 0.3) is 0 Å². The third kappa shape index (κ3) is 4.36. The van der Waals surface area contributed by atoms with Gasteiger partial charge < -0.3 is 15.3 Å². The van der Waals surface area contributed by atoms with Crippen LogP contribution < -0.4 is 5.32 Å². The molecule has 2 unspecified atom stereocenters. The maximum atomic E-state index is 11.6. The molecule has 0 aromatic heterocycles. The topological polar surface area (TPSA) is 52.6 Å². The Morgan fingerprint density at radius 3 is 2.87 bits per heavy atom. The fourth-order valence-electron chi connectivity index (χ4n) is 2.06. The first-order valence-electron chi connectivity index (χ1n) is 5.27. The number of carbonyl (C=O) groups excluding carboxylic acids is 1. The van der Waals surface area contributed by atoms with Gasteiger partial charge in [-0.3, -0.25) is 4.79 Å². The summed E-state index contributed by atoms with van der Waals surface area (Å²) in [5, 5.41) is 12.2. The highest BCUT2D eigenvalue weighted by Crippen LogP contribution is 2.21. The van der Waals surface area contributed by atoms with Crippen molar-refractivity contribution in [2.75, 3.05) is 20.1 Å². The van der Waals surface area contributed by atoms with Crippen LogP contribution in [0.4, 0.5) is 0 Å². The highest BCUT2D eigenvalue weighted by Gasteiger charge is 2.28. The first-order chi connectivity index (χ1) is 6.65. The van der Waals surface area contributed by atoms with Crippen LogP contribution >= 0.6 is 12.4 Å². The molecular weight excluding hydrogens is 216 g/mol. The summed E-state index contributed by atoms with van der Waals surface area (Å²) >= 11 is 0. The molecule has 1 saturated heterocycles. The smallest absolute Gasteiger partial charge is 0.236 e. The minimum atomic E-state index is -0.317. The number of likely N-dealkylation sites (N-methyl/N-ethyl adjacent to an activating group) is 1. The Kier molecular flexibility index (Phi) is 6.89. The van der Waals surface area contributed by atoms with Crippen molar-refractivity contribution in [3.05, 3.63) is 0 Å². The SMILES string of the molecule is CNCC(=O)N1CCCC1CC(C)O.Cl. The fourth-order valence-corrected chi connectivity index (χ4v) is 2.06. The van der Waals surface area contributed by atoms with E-state index in [1.54, 1.807) is 14.0 Å². The number of hydrogen-bond donors (Lipinski definition) is 2. The summed E-state index contributed by atoms with van der Waals surface area (Å²) in [6.07, 6.45) is 2.48. The zero-order chi connectivity index (χ0) is 10.6. The highest BCUT2D eigenvalue weighted by atomic mass is 35.5. The maximum Gasteiger partial charge on any atom is 0.236 e. The fraction of sp³-hybridized carbons (Fsp3) is 0.900. The minimum Gasteiger partial charge on any atom is -0.393 e. The predicted molar refractivity (Wildman–Crippen MR) is 62.2 cm³/mol. The number of halogens is 1. The van der Waals surface area contributed by atoms with Crippen molar-refractivity contribution in [1.82, 2.24) is 10.2 Å². The van der Waals surface area contributed by atoms with Gasteiger partial charge in [0, 0.05) is 12.6 Å². The first kappa shape index (κ1) is 14.7. The Morgan fingerprint density at radius 1 is 1.67 bits per heavy atom. The number of aliphatic hydroxyl groups is 1. The zero-order valence-electron chi connectivity index (χ0n) is 9.40. The summed E-state index contributed by atoms with van der Waals surface area (Å²) in [6.45, 7) is 3.02. The monoisotopic (exact) mass is 236 g/mol. The lowest BCUT2D eigenvalue weighted by molar-refractivity contribution is -0.131. The van der Waals surface area contributed by atoms with Crippen LogP contribution in [0.3, 0.4) is 0 Å². The number of nitrogens with zero attached hydrogens (tertiary/aromatic N) is 1. The minimum absolute atomic E-state index is 0. The molecule has 0 aromatic carbocycles. The molecule has 2 N–H and O–H groups in total. The normalized spacial score (nSPS) is 22.3. The van der Waals surface area contributed by atoms with E-state index in [9.17, 15) is 9.90 Å². The number of aliphatic hydroxyl groups excluding tert-OH is 1. The van der Waals surface area contributed by atoms with Crippen molar-refractivity contribution in [3.8, 4) is 0 Å². The van der Waals surface area contributed by atoms with Gasteiger partial charge in [0.15, 0.2) is 0 Å². The van der Waals surface area contributed by atoms with Gasteiger partial charge >= 0.3 is 0 Å². The zero-order valence-corrected chi connectivity index (χ0v) is 10.2. The summed E-state index contributed by atoms with van der Waals surface area (Å²) in [4.78, 5) is 13.5. The van der Waals surface area contributed by atoms with Gasteiger partial charge in [0.1, 0.15) is 0 Å². The van der Waals surface area contributed by atoms with E-state index in [4.69, 9.17) is 0 Å². The molecule has 0 radical (unpaired) electrons. The Hall–Kier alpha value is -0.320. The van der Waals surface area contributed by atoms with Crippen LogP contribution in [-0.2, 0) is 4.79 Å². The van der Waals surface area contributed by atoms with E-state index in [-0.39, 0.29) is 30.5 Å². The standard InChI is InChI=1S/C10H20N2O2.ClH/c1-8(13)6-9-4-3-5-12(9)10(14)7-11-2;/h8-9,11,13H,3-7H2,1-2H3;1H. The van der Waals surface area contributed by atoms with E-state index in [0.29, 0.717) is 13.0 Å². The number of hydrogen-bond acceptors (Lipinski definition) is 3. The molecule has 1 rings (SSSR count). The molecule has 0 saturated carbocycles. The third-order valence-electron chi connectivity index (χ3n) is 2.64. The van der Waals surface area contributed by atoms with Crippen molar-refractivity contribution >= 4 is 18.3 Å². The summed E-state index contributed by atoms with van der Waals surface area (Å²) in [6, 6.07) is 0.246. The molecule has 0 aliphatic carbocycles. The van der Waals surface area contributed by atoms with E-state index in [2.05, 4.69) is 5.32 Å². The van der Waals surface area contributed by atoms with E-state index in [1.807, 2.05) is 4.90 Å². The molecule has 2 atom stereocenters. The van der Waals surface area contributed by atoms with E-state index >= 15 is 0 Å². The molecule has 1 heterocycles. The summed E-state index contributed by atoms with van der Waals surface area (Å²) in [7, 11) is 1.78. The molecule has 15 heavy (non-hydrogen) atoms. The number of rotatable bonds is 4. The van der Waals surface area contributed by atoms with Gasteiger partial charge in [-0.15, -0.1) is 12.4 Å². The number of nitrogens with one attached hydrogen (secondary N) is 1. The first-order valence-corrected chi connectivity index (χ1v) is 5.27. The van der Waals surface area contributed by atoms with E-state index < -0.39 is 0 Å². The van der Waals surface area contributed by atoms with Gasteiger partial charge in [-0.05, 0) is 33.2 Å². The van der Waals surface area contributed by atoms with Crippen molar-refractivity contribution in [2.45, 2.75) is 38.3 Å². The van der Waals surface area contributed by atoms with E-state index in [0.717, 1.165) is 19.4 Å². The van der Waals surface area contributed by atoms with Gasteiger partial charge in [0.05, 0.1) is 12.6 Å². The molecular formula is C10H21ClN2O2. The quantitative estimate of drug-likeness (QED) is 0.743. The van der Waals surface area contributed by atoms with Gasteiger partial charge in [-0.1, -0.05) is 0 Å². The summed E-state index contributed by atoms with van der Waals surface area (Å²) in [5.41, 5.74) is 0. The molecule has 5 heteroatoms. The second-order valence-corrected chi connectivity index (χ2v) is 4.00. The third-order valence-corrected chi connectivity index (χ3v) is 2.64. The largest absolute Gasteiger partial charge is 0.393 e. The second-order valence-electron chi connectivity index (χ2n) is 4.00. The van der Waals surface area contributed by atoms with Crippen molar-refractivity contribution in [2.24, 2.45) is 0 Å². The van der Waals surface area contributed by atoms with Gasteiger partial charge in [-0.2, -0.15) is 0 Å². The molecule has 1 aliphatic heterocycles. The van der Waals surface area contributed by atoms with E-state index in [1.165, 1.54) is 0 Å².